The summed E-state index contributed by atoms with van der Waals surface area (Å²) in [6, 6.07) is 10.7. The monoisotopic (exact) mass is 227 g/mol. The Morgan fingerprint density at radius 3 is 2.07 bits per heavy atom. The van der Waals surface area contributed by atoms with Crippen LogP contribution in [0.25, 0.3) is 0 Å². The molecule has 5 nitrogen and oxygen atoms in total. The van der Waals surface area contributed by atoms with Gasteiger partial charge >= 0.3 is 37.4 Å². The molecule has 14 heavy (non-hydrogen) atoms. The van der Waals surface area contributed by atoms with Crippen LogP contribution < -0.4 is 35.3 Å². The van der Waals surface area contributed by atoms with E-state index in [1.807, 2.05) is 24.3 Å². The molecule has 0 bridgehead atoms. The average molecular weight is 227 g/mol. The molecule has 0 unspecified atom stereocenters. The normalized spacial score (nSPS) is 9.43. The second-order valence-corrected chi connectivity index (χ2v) is 3.13. The number of hydrogen-bond donors (Lipinski definition) is 4. The molecule has 0 aromatic heterocycles. The zero-order chi connectivity index (χ0) is 10.3. The standard InChI is InChI=1S/C7H8N.Na.H3O4P/c8-6-7-4-2-1-3-5-7;;1-5(2,3)4/h1-4H,6,8H2;;(H3,1,2,3,4)/q-1;+1;. The molecule has 0 saturated carbocycles. The zero-order valence-electron chi connectivity index (χ0n) is 7.79. The van der Waals surface area contributed by atoms with E-state index in [2.05, 4.69) is 6.07 Å². The average Bonchev–Trinajstić information content (AvgIpc) is 2.03. The molecule has 0 aliphatic rings. The first kappa shape index (κ1) is 16.7. The van der Waals surface area contributed by atoms with Gasteiger partial charge in [0.25, 0.3) is 0 Å². The Morgan fingerprint density at radius 1 is 1.36 bits per heavy atom. The first-order valence-electron chi connectivity index (χ1n) is 3.37. The maximum Gasteiger partial charge on any atom is 1.00 e. The summed E-state index contributed by atoms with van der Waals surface area (Å²) in [7, 11) is -4.64. The maximum absolute atomic E-state index is 8.88. The van der Waals surface area contributed by atoms with Crippen molar-refractivity contribution in [3.05, 3.63) is 35.9 Å². The van der Waals surface area contributed by atoms with Crippen LogP contribution in [0.1, 0.15) is 5.56 Å². The summed E-state index contributed by atoms with van der Waals surface area (Å²) >= 11 is 0. The molecule has 0 aliphatic carbocycles. The van der Waals surface area contributed by atoms with E-state index in [9.17, 15) is 0 Å². The Labute approximate surface area is 104 Å². The molecule has 0 aliphatic heterocycles. The topological polar surface area (TPSA) is 104 Å². The molecule has 0 radical (unpaired) electrons. The summed E-state index contributed by atoms with van der Waals surface area (Å²) in [5.74, 6) is 0. The van der Waals surface area contributed by atoms with E-state index < -0.39 is 7.82 Å². The summed E-state index contributed by atoms with van der Waals surface area (Å²) in [5.41, 5.74) is 6.38. The molecule has 5 N–H and O–H groups in total. The smallest absolute Gasteiger partial charge is 0.328 e. The number of phosphoric acid groups is 1. The molecule has 0 atom stereocenters. The van der Waals surface area contributed by atoms with Crippen LogP contribution in [-0.2, 0) is 11.1 Å². The fourth-order valence-corrected chi connectivity index (χ4v) is 0.557. The summed E-state index contributed by atoms with van der Waals surface area (Å²) in [5, 5.41) is 0. The maximum atomic E-state index is 8.88. The molecule has 1 rings (SSSR count). The molecule has 0 spiro atoms. The molecule has 0 fully saturated rings. The number of nitrogens with two attached hydrogens (primary N) is 1. The largest absolute Gasteiger partial charge is 1.00 e. The third kappa shape index (κ3) is 14.8. The predicted molar refractivity (Wildman–Crippen MR) is 47.4 cm³/mol. The molecule has 0 saturated heterocycles. The molecule has 0 heterocycles. The van der Waals surface area contributed by atoms with Gasteiger partial charge in [-0.3, -0.25) is 0 Å². The predicted octanol–water partition coefficient (Wildman–Crippen LogP) is -2.98. The van der Waals surface area contributed by atoms with Crippen LogP contribution in [0.4, 0.5) is 0 Å². The van der Waals surface area contributed by atoms with Gasteiger partial charge in [0.15, 0.2) is 0 Å². The van der Waals surface area contributed by atoms with E-state index in [4.69, 9.17) is 25.0 Å². The van der Waals surface area contributed by atoms with Crippen molar-refractivity contribution in [1.29, 1.82) is 0 Å². The van der Waals surface area contributed by atoms with E-state index in [0.717, 1.165) is 5.56 Å². The van der Waals surface area contributed by atoms with E-state index in [0.29, 0.717) is 6.54 Å². The Balaban J connectivity index is 0. The van der Waals surface area contributed by atoms with Gasteiger partial charge in [-0.2, -0.15) is 30.3 Å². The van der Waals surface area contributed by atoms with Crippen LogP contribution in [0.3, 0.4) is 0 Å². The van der Waals surface area contributed by atoms with Gasteiger partial charge in [0.2, 0.25) is 0 Å². The SMILES string of the molecule is NCc1[c-]cccc1.O=P(O)(O)O.[Na+]. The molecule has 1 aromatic carbocycles. The van der Waals surface area contributed by atoms with E-state index >= 15 is 0 Å². The quantitative estimate of drug-likeness (QED) is 0.233. The van der Waals surface area contributed by atoms with Crippen molar-refractivity contribution in [2.45, 2.75) is 6.54 Å². The summed E-state index contributed by atoms with van der Waals surface area (Å²) in [6.07, 6.45) is 0. The second-order valence-electron chi connectivity index (χ2n) is 2.11. The second kappa shape index (κ2) is 8.59. The summed E-state index contributed by atoms with van der Waals surface area (Å²) in [4.78, 5) is 21.6. The molecule has 74 valence electrons. The van der Waals surface area contributed by atoms with Crippen molar-refractivity contribution in [3.63, 3.8) is 0 Å². The van der Waals surface area contributed by atoms with Crippen LogP contribution in [0.5, 0.6) is 0 Å². The van der Waals surface area contributed by atoms with Crippen molar-refractivity contribution < 1.29 is 48.8 Å². The van der Waals surface area contributed by atoms with Gasteiger partial charge in [0, 0.05) is 0 Å². The van der Waals surface area contributed by atoms with Crippen molar-refractivity contribution in [3.8, 4) is 0 Å². The third-order valence-electron chi connectivity index (χ3n) is 0.993. The fourth-order valence-electron chi connectivity index (χ4n) is 0.557. The Bertz CT molecular complexity index is 268. The molecule has 1 aromatic rings. The minimum Gasteiger partial charge on any atom is -0.328 e. The number of rotatable bonds is 1. The number of hydrogen-bond acceptors (Lipinski definition) is 2. The first-order chi connectivity index (χ1) is 5.93. The van der Waals surface area contributed by atoms with E-state index in [1.54, 1.807) is 0 Å². The van der Waals surface area contributed by atoms with Gasteiger partial charge in [0.05, 0.1) is 0 Å². The van der Waals surface area contributed by atoms with Gasteiger partial charge < -0.3 is 20.4 Å². The van der Waals surface area contributed by atoms with Crippen LogP contribution >= 0.6 is 7.82 Å². The summed E-state index contributed by atoms with van der Waals surface area (Å²) in [6.45, 7) is 0.584. The van der Waals surface area contributed by atoms with E-state index in [-0.39, 0.29) is 29.6 Å². The van der Waals surface area contributed by atoms with Gasteiger partial charge in [-0.15, -0.1) is 5.56 Å². The van der Waals surface area contributed by atoms with Crippen LogP contribution in [0.15, 0.2) is 24.3 Å². The van der Waals surface area contributed by atoms with Gasteiger partial charge in [-0.1, -0.05) is 0 Å². The zero-order valence-corrected chi connectivity index (χ0v) is 10.7. The third-order valence-corrected chi connectivity index (χ3v) is 0.993. The van der Waals surface area contributed by atoms with Crippen molar-refractivity contribution in [2.24, 2.45) is 5.73 Å². The first-order valence-corrected chi connectivity index (χ1v) is 4.94. The Morgan fingerprint density at radius 2 is 1.86 bits per heavy atom. The van der Waals surface area contributed by atoms with Gasteiger partial charge in [0.1, 0.15) is 0 Å². The van der Waals surface area contributed by atoms with Crippen molar-refractivity contribution in [1.82, 2.24) is 0 Å². The summed E-state index contributed by atoms with van der Waals surface area (Å²) < 4.78 is 8.88. The van der Waals surface area contributed by atoms with Gasteiger partial charge in [-0.05, 0) is 6.54 Å². The minimum atomic E-state index is -4.64. The molecular weight excluding hydrogens is 216 g/mol. The van der Waals surface area contributed by atoms with Crippen LogP contribution in [-0.4, -0.2) is 14.7 Å². The Kier molecular flexibility index (Phi) is 10.2. The molecular formula is C7H11NNaO4P. The Hall–Kier alpha value is 0.290. The van der Waals surface area contributed by atoms with Crippen LogP contribution in [0, 0.1) is 6.07 Å². The molecule has 7 heteroatoms. The fraction of sp³-hybridized carbons (Fsp3) is 0.143. The minimum absolute atomic E-state index is 0. The van der Waals surface area contributed by atoms with Crippen molar-refractivity contribution >= 4 is 7.82 Å². The number of benzene rings is 1. The van der Waals surface area contributed by atoms with Crippen molar-refractivity contribution in [2.75, 3.05) is 0 Å². The van der Waals surface area contributed by atoms with E-state index in [1.165, 1.54) is 0 Å². The van der Waals surface area contributed by atoms with Crippen LogP contribution in [0.2, 0.25) is 0 Å². The molecule has 0 amide bonds. The van der Waals surface area contributed by atoms with Gasteiger partial charge in [-0.25, -0.2) is 4.57 Å².